The standard InChI is InChI=1S/C14H14BrF4NO/c15-11-6-1-8(7-12(11)16)13(21)20-10-4-2-9(3-5-10)14(17,18)19/h1,6-7,9-10H,2-5H2,(H,20,21). The summed E-state index contributed by atoms with van der Waals surface area (Å²) in [6, 6.07) is 3.69. The molecular formula is C14H14BrF4NO. The molecule has 0 heterocycles. The Labute approximate surface area is 128 Å². The van der Waals surface area contributed by atoms with Crippen molar-refractivity contribution >= 4 is 21.8 Å². The smallest absolute Gasteiger partial charge is 0.349 e. The van der Waals surface area contributed by atoms with E-state index < -0.39 is 23.8 Å². The second-order valence-corrected chi connectivity index (χ2v) is 6.05. The molecule has 1 N–H and O–H groups in total. The summed E-state index contributed by atoms with van der Waals surface area (Å²) >= 11 is 2.99. The predicted molar refractivity (Wildman–Crippen MR) is 73.4 cm³/mol. The second kappa shape index (κ2) is 6.34. The third-order valence-electron chi connectivity index (χ3n) is 3.71. The first kappa shape index (κ1) is 16.3. The van der Waals surface area contributed by atoms with Crippen LogP contribution in [0, 0.1) is 11.7 Å². The van der Waals surface area contributed by atoms with E-state index in [0.29, 0.717) is 0 Å². The summed E-state index contributed by atoms with van der Waals surface area (Å²) in [5, 5.41) is 2.67. The Bertz CT molecular complexity index is 524. The quantitative estimate of drug-likeness (QED) is 0.769. The molecule has 1 aliphatic rings. The molecule has 1 aromatic carbocycles. The van der Waals surface area contributed by atoms with Gasteiger partial charge in [-0.15, -0.1) is 0 Å². The largest absolute Gasteiger partial charge is 0.391 e. The maximum Gasteiger partial charge on any atom is 0.391 e. The number of carbonyl (C=O) groups excluding carboxylic acids is 1. The summed E-state index contributed by atoms with van der Waals surface area (Å²) in [5.41, 5.74) is 0.161. The van der Waals surface area contributed by atoms with Gasteiger partial charge in [0, 0.05) is 11.6 Å². The number of nitrogens with one attached hydrogen (secondary N) is 1. The Morgan fingerprint density at radius 1 is 1.19 bits per heavy atom. The lowest BCUT2D eigenvalue weighted by atomic mass is 9.85. The van der Waals surface area contributed by atoms with Gasteiger partial charge >= 0.3 is 6.18 Å². The van der Waals surface area contributed by atoms with E-state index in [2.05, 4.69) is 21.2 Å². The van der Waals surface area contributed by atoms with E-state index in [0.717, 1.165) is 6.07 Å². The summed E-state index contributed by atoms with van der Waals surface area (Å²) in [5.74, 6) is -2.30. The van der Waals surface area contributed by atoms with Crippen LogP contribution in [0.15, 0.2) is 22.7 Å². The lowest BCUT2D eigenvalue weighted by Crippen LogP contribution is -2.40. The number of amides is 1. The van der Waals surface area contributed by atoms with E-state index in [-0.39, 0.29) is 41.8 Å². The highest BCUT2D eigenvalue weighted by molar-refractivity contribution is 9.10. The Balaban J connectivity index is 1.91. The zero-order valence-electron chi connectivity index (χ0n) is 11.0. The van der Waals surface area contributed by atoms with Crippen LogP contribution in [0.25, 0.3) is 0 Å². The second-order valence-electron chi connectivity index (χ2n) is 5.19. The summed E-state index contributed by atoms with van der Waals surface area (Å²) in [7, 11) is 0. The number of alkyl halides is 3. The third kappa shape index (κ3) is 4.18. The van der Waals surface area contributed by atoms with Gasteiger partial charge in [0.15, 0.2) is 0 Å². The molecule has 7 heteroatoms. The molecule has 1 aliphatic carbocycles. The Hall–Kier alpha value is -1.11. The first-order valence-corrected chi connectivity index (χ1v) is 7.39. The maximum atomic E-state index is 13.3. The summed E-state index contributed by atoms with van der Waals surface area (Å²) in [4.78, 5) is 11.9. The first-order valence-electron chi connectivity index (χ1n) is 6.60. The van der Waals surface area contributed by atoms with Gasteiger partial charge in [0.2, 0.25) is 0 Å². The van der Waals surface area contributed by atoms with Crippen molar-refractivity contribution in [1.82, 2.24) is 5.32 Å². The van der Waals surface area contributed by atoms with Crippen molar-refractivity contribution in [1.29, 1.82) is 0 Å². The highest BCUT2D eigenvalue weighted by Crippen LogP contribution is 2.37. The number of hydrogen-bond donors (Lipinski definition) is 1. The fourth-order valence-electron chi connectivity index (χ4n) is 2.47. The van der Waals surface area contributed by atoms with Crippen molar-refractivity contribution in [3.8, 4) is 0 Å². The molecule has 0 saturated heterocycles. The van der Waals surface area contributed by atoms with Crippen molar-refractivity contribution in [3.05, 3.63) is 34.1 Å². The van der Waals surface area contributed by atoms with Crippen LogP contribution in [0.5, 0.6) is 0 Å². The first-order chi connectivity index (χ1) is 9.77. The van der Waals surface area contributed by atoms with Crippen LogP contribution in [0.2, 0.25) is 0 Å². The van der Waals surface area contributed by atoms with Gasteiger partial charge in [0.25, 0.3) is 5.91 Å². The maximum absolute atomic E-state index is 13.3. The minimum Gasteiger partial charge on any atom is -0.349 e. The average Bonchev–Trinajstić information content (AvgIpc) is 2.41. The van der Waals surface area contributed by atoms with Crippen LogP contribution in [-0.2, 0) is 0 Å². The molecule has 0 radical (unpaired) electrons. The van der Waals surface area contributed by atoms with E-state index in [1.54, 1.807) is 0 Å². The molecule has 1 aromatic rings. The molecule has 0 bridgehead atoms. The van der Waals surface area contributed by atoms with Crippen LogP contribution in [-0.4, -0.2) is 18.1 Å². The zero-order valence-corrected chi connectivity index (χ0v) is 12.6. The fourth-order valence-corrected chi connectivity index (χ4v) is 2.72. The number of rotatable bonds is 2. The van der Waals surface area contributed by atoms with Gasteiger partial charge in [-0.1, -0.05) is 0 Å². The van der Waals surface area contributed by atoms with Gasteiger partial charge < -0.3 is 5.32 Å². The number of hydrogen-bond acceptors (Lipinski definition) is 1. The Kier molecular flexibility index (Phi) is 4.91. The van der Waals surface area contributed by atoms with Crippen molar-refractivity contribution < 1.29 is 22.4 Å². The summed E-state index contributed by atoms with van der Waals surface area (Å²) in [6.07, 6.45) is -3.56. The van der Waals surface area contributed by atoms with Gasteiger partial charge in [0.05, 0.1) is 10.4 Å². The molecule has 0 atom stereocenters. The molecule has 0 spiro atoms. The topological polar surface area (TPSA) is 29.1 Å². The molecule has 2 nitrogen and oxygen atoms in total. The lowest BCUT2D eigenvalue weighted by molar-refractivity contribution is -0.182. The van der Waals surface area contributed by atoms with Gasteiger partial charge in [-0.3, -0.25) is 4.79 Å². The van der Waals surface area contributed by atoms with Gasteiger partial charge in [0.1, 0.15) is 5.82 Å². The van der Waals surface area contributed by atoms with Gasteiger partial charge in [-0.05, 0) is 59.8 Å². The van der Waals surface area contributed by atoms with Crippen LogP contribution >= 0.6 is 15.9 Å². The number of benzene rings is 1. The molecular weight excluding hydrogens is 354 g/mol. The van der Waals surface area contributed by atoms with Crippen molar-refractivity contribution in [2.45, 2.75) is 37.9 Å². The predicted octanol–water partition coefficient (Wildman–Crippen LogP) is 4.44. The third-order valence-corrected chi connectivity index (χ3v) is 4.35. The van der Waals surface area contributed by atoms with Crippen molar-refractivity contribution in [2.75, 3.05) is 0 Å². The minimum atomic E-state index is -4.16. The molecule has 0 unspecified atom stereocenters. The molecule has 116 valence electrons. The van der Waals surface area contributed by atoms with E-state index >= 15 is 0 Å². The van der Waals surface area contributed by atoms with Crippen LogP contribution in [0.1, 0.15) is 36.0 Å². The van der Waals surface area contributed by atoms with Crippen molar-refractivity contribution in [2.24, 2.45) is 5.92 Å². The molecule has 2 rings (SSSR count). The molecule has 1 saturated carbocycles. The van der Waals surface area contributed by atoms with Crippen LogP contribution in [0.4, 0.5) is 17.6 Å². The monoisotopic (exact) mass is 367 g/mol. The minimum absolute atomic E-state index is 0.0170. The Morgan fingerprint density at radius 3 is 2.33 bits per heavy atom. The molecule has 21 heavy (non-hydrogen) atoms. The lowest BCUT2D eigenvalue weighted by Gasteiger charge is -2.30. The van der Waals surface area contributed by atoms with E-state index in [9.17, 15) is 22.4 Å². The fraction of sp³-hybridized carbons (Fsp3) is 0.500. The van der Waals surface area contributed by atoms with E-state index in [4.69, 9.17) is 0 Å². The Morgan fingerprint density at radius 2 is 1.81 bits per heavy atom. The van der Waals surface area contributed by atoms with Crippen LogP contribution < -0.4 is 5.32 Å². The molecule has 0 aliphatic heterocycles. The average molecular weight is 368 g/mol. The SMILES string of the molecule is O=C(NC1CCC(C(F)(F)F)CC1)c1ccc(Br)c(F)c1. The highest BCUT2D eigenvalue weighted by atomic mass is 79.9. The van der Waals surface area contributed by atoms with Crippen LogP contribution in [0.3, 0.4) is 0 Å². The summed E-state index contributed by atoms with van der Waals surface area (Å²) in [6.45, 7) is 0. The van der Waals surface area contributed by atoms with E-state index in [1.807, 2.05) is 0 Å². The summed E-state index contributed by atoms with van der Waals surface area (Å²) < 4.78 is 51.2. The highest BCUT2D eigenvalue weighted by Gasteiger charge is 2.41. The zero-order chi connectivity index (χ0) is 15.6. The molecule has 1 fully saturated rings. The normalized spacial score (nSPS) is 22.9. The molecule has 1 amide bonds. The van der Waals surface area contributed by atoms with Gasteiger partial charge in [-0.25, -0.2) is 4.39 Å². The van der Waals surface area contributed by atoms with E-state index in [1.165, 1.54) is 12.1 Å². The number of carbonyl (C=O) groups is 1. The molecule has 0 aromatic heterocycles. The number of halogens is 5. The van der Waals surface area contributed by atoms with Crippen molar-refractivity contribution in [3.63, 3.8) is 0 Å². The van der Waals surface area contributed by atoms with Gasteiger partial charge in [-0.2, -0.15) is 13.2 Å².